The van der Waals surface area contributed by atoms with E-state index in [9.17, 15) is 36.3 Å². The van der Waals surface area contributed by atoms with E-state index in [1.54, 1.807) is 18.2 Å². The smallest absolute Gasteiger partial charge is 0.243 e. The zero-order chi connectivity index (χ0) is 31.4. The molecule has 9 nitrogen and oxygen atoms in total. The first-order valence-corrected chi connectivity index (χ1v) is 14.8. The molecule has 44 heavy (non-hydrogen) atoms. The van der Waals surface area contributed by atoms with Crippen molar-refractivity contribution in [3.8, 4) is 0 Å². The molecule has 1 aliphatic heterocycles. The lowest BCUT2D eigenvalue weighted by Crippen LogP contribution is -2.33. The molecule has 1 saturated heterocycles. The summed E-state index contributed by atoms with van der Waals surface area (Å²) >= 11 is 0. The molecular weight excluding hydrogens is 600 g/mol. The standard InChI is InChI=1S/C30H24F4N6O3S/c31-20-8-6-18(7-9-20)28(19-12-21(32)14-22(33)13-19)29(38-39-35)30(41)37-27-16-36-15-26(34)25(27)11-10-23-17-40(23)44(42,43)24-4-2-1-3-5-24/h1-9,12-16,23,28-29H,10-11,17H2,(H,37,41)/t23-,28-,29-,40-/m0/s1. The first kappa shape index (κ1) is 30.7. The first-order chi connectivity index (χ1) is 21.1. The number of azide groups is 1. The lowest BCUT2D eigenvalue weighted by atomic mass is 9.84. The minimum atomic E-state index is -3.71. The van der Waals surface area contributed by atoms with Gasteiger partial charge >= 0.3 is 0 Å². The third-order valence-electron chi connectivity index (χ3n) is 7.24. The predicted octanol–water partition coefficient (Wildman–Crippen LogP) is 6.09. The molecule has 1 N–H and O–H groups in total. The first-order valence-electron chi connectivity index (χ1n) is 13.3. The van der Waals surface area contributed by atoms with E-state index in [0.29, 0.717) is 6.07 Å². The van der Waals surface area contributed by atoms with Crippen LogP contribution in [0.4, 0.5) is 23.2 Å². The summed E-state index contributed by atoms with van der Waals surface area (Å²) in [4.78, 5) is 20.3. The number of amides is 1. The van der Waals surface area contributed by atoms with Gasteiger partial charge in [-0.1, -0.05) is 35.4 Å². The molecule has 2 heterocycles. The predicted molar refractivity (Wildman–Crippen MR) is 153 cm³/mol. The Hall–Kier alpha value is -4.78. The van der Waals surface area contributed by atoms with E-state index in [0.717, 1.165) is 30.5 Å². The number of hydrogen-bond donors (Lipinski definition) is 1. The Morgan fingerprint density at radius 1 is 0.977 bits per heavy atom. The molecule has 5 rings (SSSR count). The van der Waals surface area contributed by atoms with Crippen LogP contribution in [-0.2, 0) is 21.2 Å². The summed E-state index contributed by atoms with van der Waals surface area (Å²) in [6.07, 6.45) is 2.39. The molecule has 0 spiro atoms. The Morgan fingerprint density at radius 2 is 1.66 bits per heavy atom. The number of halogens is 4. The van der Waals surface area contributed by atoms with Gasteiger partial charge < -0.3 is 5.32 Å². The van der Waals surface area contributed by atoms with Crippen molar-refractivity contribution in [3.05, 3.63) is 136 Å². The normalized spacial score (nSPS) is 17.3. The van der Waals surface area contributed by atoms with Gasteiger partial charge in [0.25, 0.3) is 0 Å². The van der Waals surface area contributed by atoms with Gasteiger partial charge in [0.05, 0.1) is 23.0 Å². The van der Waals surface area contributed by atoms with Crippen LogP contribution in [0.25, 0.3) is 10.4 Å². The molecule has 1 aliphatic rings. The van der Waals surface area contributed by atoms with Crippen molar-refractivity contribution in [1.29, 1.82) is 0 Å². The van der Waals surface area contributed by atoms with Crippen LogP contribution in [0.15, 0.2) is 95.2 Å². The molecule has 1 aromatic heterocycles. The van der Waals surface area contributed by atoms with Gasteiger partial charge in [-0.3, -0.25) is 9.78 Å². The Labute approximate surface area is 249 Å². The van der Waals surface area contributed by atoms with Gasteiger partial charge in [0.15, 0.2) is 0 Å². The molecule has 0 radical (unpaired) electrons. The van der Waals surface area contributed by atoms with Gasteiger partial charge in [-0.25, -0.2) is 26.0 Å². The summed E-state index contributed by atoms with van der Waals surface area (Å²) in [5.74, 6) is -5.48. The fourth-order valence-electron chi connectivity index (χ4n) is 5.07. The van der Waals surface area contributed by atoms with Gasteiger partial charge in [0.1, 0.15) is 29.3 Å². The van der Waals surface area contributed by atoms with Crippen molar-refractivity contribution in [3.63, 3.8) is 0 Å². The fourth-order valence-corrected chi connectivity index (χ4v) is 6.71. The minimum absolute atomic E-state index is 0.0259. The Bertz CT molecular complexity index is 1820. The Balaban J connectivity index is 1.40. The SMILES string of the molecule is [N-]=[N+]=N[C@H](C(=O)Nc1cncc(F)c1CC[C@H]1C[N@]1S(=O)(=O)c1ccccc1)[C@@H](c1ccc(F)cc1)c1cc(F)cc(F)c1. The molecule has 1 fully saturated rings. The number of sulfonamides is 1. The summed E-state index contributed by atoms with van der Waals surface area (Å²) in [6, 6.07) is 13.1. The highest BCUT2D eigenvalue weighted by Gasteiger charge is 2.44. The van der Waals surface area contributed by atoms with Crippen LogP contribution < -0.4 is 5.32 Å². The van der Waals surface area contributed by atoms with E-state index >= 15 is 0 Å². The van der Waals surface area contributed by atoms with Gasteiger partial charge in [-0.15, -0.1) is 0 Å². The molecular formula is C30H24F4N6O3S. The number of hydrogen-bond acceptors (Lipinski definition) is 5. The van der Waals surface area contributed by atoms with Gasteiger partial charge in [-0.2, -0.15) is 4.31 Å². The molecule has 3 aromatic carbocycles. The van der Waals surface area contributed by atoms with Crippen molar-refractivity contribution in [2.45, 2.75) is 35.7 Å². The molecule has 0 unspecified atom stereocenters. The van der Waals surface area contributed by atoms with Crippen molar-refractivity contribution in [2.24, 2.45) is 5.11 Å². The van der Waals surface area contributed by atoms with Crippen LogP contribution in [0, 0.1) is 23.3 Å². The van der Waals surface area contributed by atoms with E-state index in [4.69, 9.17) is 0 Å². The third-order valence-corrected chi connectivity index (χ3v) is 9.17. The van der Waals surface area contributed by atoms with Gasteiger partial charge in [0.2, 0.25) is 15.9 Å². The van der Waals surface area contributed by atoms with E-state index in [2.05, 4.69) is 20.3 Å². The van der Waals surface area contributed by atoms with Crippen LogP contribution in [0.3, 0.4) is 0 Å². The quantitative estimate of drug-likeness (QED) is 0.0712. The van der Waals surface area contributed by atoms with Crippen LogP contribution in [-0.4, -0.2) is 42.2 Å². The zero-order valence-corrected chi connectivity index (χ0v) is 23.6. The summed E-state index contributed by atoms with van der Waals surface area (Å²) < 4.78 is 84.2. The number of nitrogens with zero attached hydrogens (tertiary/aromatic N) is 5. The second kappa shape index (κ2) is 12.8. The molecule has 226 valence electrons. The topological polar surface area (TPSA) is 128 Å². The van der Waals surface area contributed by atoms with Crippen molar-refractivity contribution in [2.75, 3.05) is 11.9 Å². The van der Waals surface area contributed by atoms with E-state index < -0.39 is 57.2 Å². The number of anilines is 1. The van der Waals surface area contributed by atoms with E-state index in [1.807, 2.05) is 0 Å². The van der Waals surface area contributed by atoms with Crippen LogP contribution >= 0.6 is 0 Å². The Kier molecular flexibility index (Phi) is 8.95. The Morgan fingerprint density at radius 3 is 2.32 bits per heavy atom. The minimum Gasteiger partial charge on any atom is -0.324 e. The van der Waals surface area contributed by atoms with Crippen LogP contribution in [0.5, 0.6) is 0 Å². The number of nitrogens with one attached hydrogen (secondary N) is 1. The molecule has 14 heteroatoms. The fraction of sp³-hybridized carbons (Fsp3) is 0.200. The highest BCUT2D eigenvalue weighted by Crippen LogP contribution is 2.34. The maximum atomic E-state index is 15.0. The third kappa shape index (κ3) is 6.72. The lowest BCUT2D eigenvalue weighted by Gasteiger charge is -2.25. The molecule has 4 aromatic rings. The van der Waals surface area contributed by atoms with Crippen molar-refractivity contribution in [1.82, 2.24) is 9.29 Å². The van der Waals surface area contributed by atoms with E-state index in [-0.39, 0.29) is 46.7 Å². The van der Waals surface area contributed by atoms with Crippen molar-refractivity contribution < 1.29 is 30.8 Å². The highest BCUT2D eigenvalue weighted by atomic mass is 32.2. The summed E-state index contributed by atoms with van der Waals surface area (Å²) in [5.41, 5.74) is 9.44. The molecule has 0 saturated carbocycles. The van der Waals surface area contributed by atoms with Crippen LogP contribution in [0.1, 0.15) is 29.0 Å². The number of aromatic nitrogens is 1. The number of carbonyl (C=O) groups excluding carboxylic acids is 1. The number of benzene rings is 3. The summed E-state index contributed by atoms with van der Waals surface area (Å²) in [5, 5.41) is 6.11. The molecule has 0 bridgehead atoms. The average molecular weight is 625 g/mol. The molecule has 1 amide bonds. The zero-order valence-electron chi connectivity index (χ0n) is 22.8. The van der Waals surface area contributed by atoms with Crippen LogP contribution in [0.2, 0.25) is 0 Å². The summed E-state index contributed by atoms with van der Waals surface area (Å²) in [7, 11) is -3.71. The maximum absolute atomic E-state index is 15.0. The van der Waals surface area contributed by atoms with Gasteiger partial charge in [-0.05, 0) is 65.9 Å². The lowest BCUT2D eigenvalue weighted by molar-refractivity contribution is -0.117. The van der Waals surface area contributed by atoms with Crippen molar-refractivity contribution >= 4 is 21.6 Å². The second-order valence-corrected chi connectivity index (χ2v) is 12.0. The molecule has 4 atom stereocenters. The number of carbonyl (C=O) groups is 1. The largest absolute Gasteiger partial charge is 0.324 e. The summed E-state index contributed by atoms with van der Waals surface area (Å²) in [6.45, 7) is 0.244. The van der Waals surface area contributed by atoms with E-state index in [1.165, 1.54) is 34.8 Å². The molecule has 0 aliphatic carbocycles. The maximum Gasteiger partial charge on any atom is 0.243 e. The number of rotatable bonds is 11. The number of pyridine rings is 1. The highest BCUT2D eigenvalue weighted by molar-refractivity contribution is 7.89. The monoisotopic (exact) mass is 624 g/mol. The average Bonchev–Trinajstić information content (AvgIpc) is 3.78. The second-order valence-electron chi connectivity index (χ2n) is 10.1. The van der Waals surface area contributed by atoms with Gasteiger partial charge in [0, 0.05) is 35.0 Å².